The average Bonchev–Trinajstić information content (AvgIpc) is 2.56. The van der Waals surface area contributed by atoms with E-state index in [-0.39, 0.29) is 46.7 Å². The highest BCUT2D eigenvalue weighted by Gasteiger charge is 2.04. The van der Waals surface area contributed by atoms with Gasteiger partial charge in [0.15, 0.2) is 0 Å². The zero-order chi connectivity index (χ0) is 16.9. The van der Waals surface area contributed by atoms with Gasteiger partial charge in [-0.3, -0.25) is 0 Å². The topological polar surface area (TPSA) is 26.0 Å². The van der Waals surface area contributed by atoms with Gasteiger partial charge in [-0.1, -0.05) is 60.5 Å². The normalized spacial score (nSPS) is 15.5. The van der Waals surface area contributed by atoms with Gasteiger partial charge in [-0.2, -0.15) is 0 Å². The van der Waals surface area contributed by atoms with Crippen molar-refractivity contribution in [2.75, 3.05) is 5.73 Å². The van der Waals surface area contributed by atoms with Crippen molar-refractivity contribution in [3.8, 4) is 11.1 Å². The Bertz CT molecular complexity index is 929. The second-order valence-corrected chi connectivity index (χ2v) is 3.65. The van der Waals surface area contributed by atoms with Crippen molar-refractivity contribution in [1.29, 1.82) is 0 Å². The smallest absolute Gasteiger partial charge is 0.0645 e. The van der Waals surface area contributed by atoms with Crippen molar-refractivity contribution >= 4 is 16.5 Å². The second kappa shape index (κ2) is 3.95. The Labute approximate surface area is 109 Å². The van der Waals surface area contributed by atoms with Crippen molar-refractivity contribution in [3.63, 3.8) is 0 Å². The third-order valence-electron chi connectivity index (χ3n) is 2.59. The van der Waals surface area contributed by atoms with Crippen molar-refractivity contribution in [1.82, 2.24) is 0 Å². The van der Waals surface area contributed by atoms with Gasteiger partial charge < -0.3 is 5.73 Å². The molecular formula is C16H13N. The van der Waals surface area contributed by atoms with Crippen molar-refractivity contribution < 1.29 is 8.22 Å². The van der Waals surface area contributed by atoms with Gasteiger partial charge in [0.25, 0.3) is 0 Å². The first kappa shape index (κ1) is 5.37. The molecule has 0 spiro atoms. The summed E-state index contributed by atoms with van der Waals surface area (Å²) in [7, 11) is 0. The molecule has 0 atom stereocenters. The zero-order valence-electron chi connectivity index (χ0n) is 15.0. The van der Waals surface area contributed by atoms with Gasteiger partial charge in [-0.15, -0.1) is 0 Å². The molecule has 2 N–H and O–H groups in total. The fourth-order valence-electron chi connectivity index (χ4n) is 1.78. The summed E-state index contributed by atoms with van der Waals surface area (Å²) in [6.07, 6.45) is 0. The van der Waals surface area contributed by atoms with Crippen LogP contribution in [0.1, 0.15) is 8.22 Å². The molecule has 82 valence electrons. The molecule has 3 rings (SSSR count). The van der Waals surface area contributed by atoms with Crippen LogP contribution in [0.2, 0.25) is 0 Å². The maximum absolute atomic E-state index is 8.23. The third-order valence-corrected chi connectivity index (χ3v) is 2.59. The molecule has 0 radical (unpaired) electrons. The Morgan fingerprint density at radius 2 is 1.53 bits per heavy atom. The number of rotatable bonds is 1. The van der Waals surface area contributed by atoms with Gasteiger partial charge in [0.1, 0.15) is 0 Å². The molecule has 1 nitrogen and oxygen atoms in total. The van der Waals surface area contributed by atoms with Crippen LogP contribution >= 0.6 is 0 Å². The maximum atomic E-state index is 8.23. The van der Waals surface area contributed by atoms with E-state index in [2.05, 4.69) is 0 Å². The Morgan fingerprint density at radius 1 is 0.824 bits per heavy atom. The minimum absolute atomic E-state index is 0.0934. The quantitative estimate of drug-likeness (QED) is 0.620. The molecule has 0 aliphatic rings. The lowest BCUT2D eigenvalue weighted by Crippen LogP contribution is -1.88. The molecule has 0 saturated carbocycles. The number of benzene rings is 3. The van der Waals surface area contributed by atoms with Gasteiger partial charge in [0.05, 0.1) is 8.22 Å². The molecule has 0 aliphatic heterocycles. The SMILES string of the molecule is [2H]c1c([2H])c([2H])c2c(-c3ccccc3)c([2H])c([2H])c(N)c2c1[2H]. The predicted octanol–water partition coefficient (Wildman–Crippen LogP) is 4.09. The van der Waals surface area contributed by atoms with Crippen LogP contribution in [-0.4, -0.2) is 0 Å². The monoisotopic (exact) mass is 225 g/mol. The summed E-state index contributed by atoms with van der Waals surface area (Å²) in [5.41, 5.74) is 6.71. The van der Waals surface area contributed by atoms with E-state index < -0.39 is 6.04 Å². The van der Waals surface area contributed by atoms with Gasteiger partial charge in [0, 0.05) is 11.1 Å². The Hall–Kier alpha value is -2.28. The molecule has 0 aliphatic carbocycles. The fraction of sp³-hybridized carbons (Fsp3) is 0. The Morgan fingerprint density at radius 3 is 2.29 bits per heavy atom. The lowest BCUT2D eigenvalue weighted by molar-refractivity contribution is 1.65. The van der Waals surface area contributed by atoms with Crippen molar-refractivity contribution in [2.24, 2.45) is 0 Å². The van der Waals surface area contributed by atoms with Crippen LogP contribution in [0.5, 0.6) is 0 Å². The molecule has 0 saturated heterocycles. The predicted molar refractivity (Wildman–Crippen MR) is 73.8 cm³/mol. The fourth-order valence-corrected chi connectivity index (χ4v) is 1.78. The number of fused-ring (bicyclic) bond motifs is 1. The molecular weight excluding hydrogens is 206 g/mol. The number of nitrogen functional groups attached to an aromatic ring is 1. The number of hydrogen-bond acceptors (Lipinski definition) is 1. The minimum atomic E-state index is -0.398. The Balaban J connectivity index is 2.65. The van der Waals surface area contributed by atoms with E-state index in [0.29, 0.717) is 11.1 Å². The van der Waals surface area contributed by atoms with Crippen LogP contribution < -0.4 is 5.73 Å². The zero-order valence-corrected chi connectivity index (χ0v) is 8.96. The molecule has 3 aromatic carbocycles. The van der Waals surface area contributed by atoms with E-state index in [1.807, 2.05) is 6.07 Å². The summed E-state index contributed by atoms with van der Waals surface area (Å²) in [6, 6.07) is 7.13. The highest BCUT2D eigenvalue weighted by atomic mass is 14.5. The molecule has 0 aromatic heterocycles. The standard InChI is InChI=1S/C16H13N/c17-16-11-10-13(12-6-2-1-3-7-12)14-8-4-5-9-15(14)16/h1-11H,17H2/i4D,5D,8D,9D,10D,11D. The van der Waals surface area contributed by atoms with Crippen molar-refractivity contribution in [3.05, 3.63) is 66.6 Å². The van der Waals surface area contributed by atoms with E-state index in [4.69, 9.17) is 14.0 Å². The number of nitrogens with two attached hydrogens (primary N) is 1. The maximum Gasteiger partial charge on any atom is 0.0645 e. The summed E-state index contributed by atoms with van der Waals surface area (Å²) in [5, 5.41) is 0.275. The van der Waals surface area contributed by atoms with Gasteiger partial charge in [0.2, 0.25) is 0 Å². The molecule has 0 heterocycles. The van der Waals surface area contributed by atoms with Crippen LogP contribution in [-0.2, 0) is 0 Å². The number of anilines is 1. The molecule has 17 heavy (non-hydrogen) atoms. The molecule has 0 amide bonds. The lowest BCUT2D eigenvalue weighted by atomic mass is 9.97. The van der Waals surface area contributed by atoms with Gasteiger partial charge in [-0.05, 0) is 22.6 Å². The van der Waals surface area contributed by atoms with Crippen molar-refractivity contribution in [2.45, 2.75) is 0 Å². The highest BCUT2D eigenvalue weighted by Crippen LogP contribution is 2.31. The van der Waals surface area contributed by atoms with Crippen LogP contribution in [0.4, 0.5) is 5.69 Å². The van der Waals surface area contributed by atoms with E-state index in [0.717, 1.165) is 0 Å². The second-order valence-electron chi connectivity index (χ2n) is 3.65. The minimum Gasteiger partial charge on any atom is -0.398 e. The largest absolute Gasteiger partial charge is 0.398 e. The van der Waals surface area contributed by atoms with E-state index >= 15 is 0 Å². The first-order valence-corrected chi connectivity index (χ1v) is 5.20. The van der Waals surface area contributed by atoms with Gasteiger partial charge in [-0.25, -0.2) is 0 Å². The van der Waals surface area contributed by atoms with Gasteiger partial charge >= 0.3 is 0 Å². The van der Waals surface area contributed by atoms with E-state index in [9.17, 15) is 0 Å². The summed E-state index contributed by atoms with van der Waals surface area (Å²) in [5.74, 6) is 0. The summed E-state index contributed by atoms with van der Waals surface area (Å²) >= 11 is 0. The third kappa shape index (κ3) is 1.66. The first-order valence-electron chi connectivity index (χ1n) is 8.20. The summed E-state index contributed by atoms with van der Waals surface area (Å²) < 4.78 is 48.2. The molecule has 0 unspecified atom stereocenters. The lowest BCUT2D eigenvalue weighted by Gasteiger charge is -2.08. The van der Waals surface area contributed by atoms with Crippen LogP contribution in [0.25, 0.3) is 21.9 Å². The number of hydrogen-bond donors (Lipinski definition) is 1. The average molecular weight is 225 g/mol. The first-order chi connectivity index (χ1) is 10.9. The highest BCUT2D eigenvalue weighted by molar-refractivity contribution is 6.02. The summed E-state index contributed by atoms with van der Waals surface area (Å²) in [4.78, 5) is 0. The van der Waals surface area contributed by atoms with Crippen LogP contribution in [0, 0.1) is 0 Å². The van der Waals surface area contributed by atoms with E-state index in [1.54, 1.807) is 24.3 Å². The molecule has 0 bridgehead atoms. The van der Waals surface area contributed by atoms with Crippen LogP contribution in [0.15, 0.2) is 66.6 Å². The van der Waals surface area contributed by atoms with E-state index in [1.165, 1.54) is 0 Å². The molecule has 0 fully saturated rings. The van der Waals surface area contributed by atoms with Crippen LogP contribution in [0.3, 0.4) is 0 Å². The Kier molecular flexibility index (Phi) is 1.25. The molecule has 1 heteroatoms. The molecule has 3 aromatic rings. The summed E-state index contributed by atoms with van der Waals surface area (Å²) in [6.45, 7) is 0.